The molecule has 0 unspecified atom stereocenters. The van der Waals surface area contributed by atoms with Gasteiger partial charge in [-0.2, -0.15) is 0 Å². The van der Waals surface area contributed by atoms with Crippen LogP contribution in [0.15, 0.2) is 176 Å². The van der Waals surface area contributed by atoms with Gasteiger partial charge in [0, 0.05) is 22.0 Å². The van der Waals surface area contributed by atoms with E-state index < -0.39 is 0 Å². The summed E-state index contributed by atoms with van der Waals surface area (Å²) >= 11 is 0. The van der Waals surface area contributed by atoms with E-state index in [1.54, 1.807) is 0 Å². The van der Waals surface area contributed by atoms with Gasteiger partial charge in [-0.15, -0.1) is 0 Å². The predicted molar refractivity (Wildman–Crippen MR) is 192 cm³/mol. The van der Waals surface area contributed by atoms with Crippen molar-refractivity contribution in [1.82, 2.24) is 4.57 Å². The third-order valence-corrected chi connectivity index (χ3v) is 9.17. The molecule has 0 radical (unpaired) electrons. The Kier molecular flexibility index (Phi) is 5.89. The molecule has 1 heterocycles. The van der Waals surface area contributed by atoms with Crippen LogP contribution < -0.4 is 0 Å². The number of aromatic nitrogens is 1. The van der Waals surface area contributed by atoms with Crippen molar-refractivity contribution >= 4 is 43.4 Å². The summed E-state index contributed by atoms with van der Waals surface area (Å²) in [6.45, 7) is 0. The number of hydrogen-bond donors (Lipinski definition) is 0. The second-order valence-corrected chi connectivity index (χ2v) is 11.7. The van der Waals surface area contributed by atoms with Crippen LogP contribution in [0.25, 0.3) is 82.4 Å². The first-order chi connectivity index (χ1) is 22.4. The third-order valence-electron chi connectivity index (χ3n) is 9.17. The van der Waals surface area contributed by atoms with Gasteiger partial charge in [-0.3, -0.25) is 0 Å². The highest BCUT2D eigenvalue weighted by Gasteiger charge is 2.20. The van der Waals surface area contributed by atoms with E-state index in [1.807, 2.05) is 0 Å². The Morgan fingerprint density at radius 3 is 1.40 bits per heavy atom. The summed E-state index contributed by atoms with van der Waals surface area (Å²) in [4.78, 5) is 0. The molecule has 0 aliphatic carbocycles. The number of hydrogen-bond acceptors (Lipinski definition) is 0. The summed E-state index contributed by atoms with van der Waals surface area (Å²) in [5, 5.41) is 7.60. The molecule has 0 amide bonds. The van der Waals surface area contributed by atoms with Crippen LogP contribution in [-0.4, -0.2) is 4.57 Å². The van der Waals surface area contributed by atoms with Crippen molar-refractivity contribution in [3.05, 3.63) is 176 Å². The first-order valence-corrected chi connectivity index (χ1v) is 15.5. The van der Waals surface area contributed by atoms with Crippen LogP contribution in [0, 0.1) is 0 Å². The van der Waals surface area contributed by atoms with Crippen molar-refractivity contribution < 1.29 is 0 Å². The topological polar surface area (TPSA) is 4.93 Å². The van der Waals surface area contributed by atoms with Crippen LogP contribution in [0.3, 0.4) is 0 Å². The van der Waals surface area contributed by atoms with E-state index in [-0.39, 0.29) is 0 Å². The van der Waals surface area contributed by atoms with Gasteiger partial charge >= 0.3 is 0 Å². The lowest BCUT2D eigenvalue weighted by atomic mass is 9.86. The molecular formula is C44H29N. The number of benzene rings is 8. The highest BCUT2D eigenvalue weighted by atomic mass is 15.0. The van der Waals surface area contributed by atoms with Gasteiger partial charge in [-0.05, 0) is 73.6 Å². The number of para-hydroxylation sites is 2. The molecule has 0 saturated heterocycles. The molecule has 1 aromatic heterocycles. The van der Waals surface area contributed by atoms with E-state index >= 15 is 0 Å². The highest BCUT2D eigenvalue weighted by Crippen LogP contribution is 2.45. The van der Waals surface area contributed by atoms with Crippen molar-refractivity contribution in [3.63, 3.8) is 0 Å². The molecule has 9 aromatic rings. The first-order valence-electron chi connectivity index (χ1n) is 15.5. The molecule has 1 heteroatoms. The Labute approximate surface area is 262 Å². The summed E-state index contributed by atoms with van der Waals surface area (Å²) in [5.41, 5.74) is 11.1. The third kappa shape index (κ3) is 4.02. The molecule has 1 nitrogen and oxygen atoms in total. The molecule has 0 atom stereocenters. The molecule has 0 aliphatic heterocycles. The van der Waals surface area contributed by atoms with Crippen molar-refractivity contribution in [2.75, 3.05) is 0 Å². The zero-order chi connectivity index (χ0) is 29.7. The number of rotatable bonds is 4. The van der Waals surface area contributed by atoms with Gasteiger partial charge in [-0.25, -0.2) is 0 Å². The van der Waals surface area contributed by atoms with E-state index in [2.05, 4.69) is 180 Å². The Morgan fingerprint density at radius 1 is 0.311 bits per heavy atom. The SMILES string of the molecule is c1ccc(-c2c3ccccc3c(-c3ccc4c(c3)c3cccc(-c5ccccc5)c3n4-c3ccccc3)c3ccccc23)cc1. The molecule has 0 aliphatic rings. The lowest BCUT2D eigenvalue weighted by Crippen LogP contribution is -1.95. The Bertz CT molecular complexity index is 2450. The van der Waals surface area contributed by atoms with Crippen LogP contribution in [0.5, 0.6) is 0 Å². The molecule has 210 valence electrons. The molecule has 0 spiro atoms. The fourth-order valence-corrected chi connectivity index (χ4v) is 7.28. The van der Waals surface area contributed by atoms with Gasteiger partial charge in [0.15, 0.2) is 0 Å². The summed E-state index contributed by atoms with van der Waals surface area (Å²) in [5.74, 6) is 0. The Balaban J connectivity index is 1.39. The van der Waals surface area contributed by atoms with Gasteiger partial charge in [0.2, 0.25) is 0 Å². The second kappa shape index (κ2) is 10.4. The maximum Gasteiger partial charge on any atom is 0.0619 e. The second-order valence-electron chi connectivity index (χ2n) is 11.7. The normalized spacial score (nSPS) is 11.6. The summed E-state index contributed by atoms with van der Waals surface area (Å²) in [6, 6.07) is 63.9. The maximum absolute atomic E-state index is 2.44. The monoisotopic (exact) mass is 571 g/mol. The van der Waals surface area contributed by atoms with Crippen LogP contribution in [-0.2, 0) is 0 Å². The van der Waals surface area contributed by atoms with E-state index in [0.717, 1.165) is 5.69 Å². The fraction of sp³-hybridized carbons (Fsp3) is 0. The molecule has 8 aromatic carbocycles. The minimum atomic E-state index is 1.16. The van der Waals surface area contributed by atoms with E-state index in [4.69, 9.17) is 0 Å². The summed E-state index contributed by atoms with van der Waals surface area (Å²) in [7, 11) is 0. The van der Waals surface area contributed by atoms with Gasteiger partial charge in [0.05, 0.1) is 11.0 Å². The zero-order valence-corrected chi connectivity index (χ0v) is 24.7. The average Bonchev–Trinajstić information content (AvgIpc) is 3.45. The number of fused-ring (bicyclic) bond motifs is 5. The van der Waals surface area contributed by atoms with Crippen molar-refractivity contribution in [2.24, 2.45) is 0 Å². The van der Waals surface area contributed by atoms with Crippen molar-refractivity contribution in [1.29, 1.82) is 0 Å². The van der Waals surface area contributed by atoms with Crippen molar-refractivity contribution in [3.8, 4) is 39.1 Å². The first kappa shape index (κ1) is 25.6. The number of nitrogens with zero attached hydrogens (tertiary/aromatic N) is 1. The lowest BCUT2D eigenvalue weighted by Gasteiger charge is -2.18. The molecule has 0 N–H and O–H groups in total. The minimum absolute atomic E-state index is 1.16. The van der Waals surface area contributed by atoms with Crippen LogP contribution >= 0.6 is 0 Å². The average molecular weight is 572 g/mol. The van der Waals surface area contributed by atoms with Crippen LogP contribution in [0.4, 0.5) is 0 Å². The van der Waals surface area contributed by atoms with Gasteiger partial charge in [-0.1, -0.05) is 152 Å². The molecule has 0 bridgehead atoms. The summed E-state index contributed by atoms with van der Waals surface area (Å²) in [6.07, 6.45) is 0. The molecule has 0 fully saturated rings. The van der Waals surface area contributed by atoms with E-state index in [9.17, 15) is 0 Å². The molecular weight excluding hydrogens is 542 g/mol. The molecule has 9 rings (SSSR count). The molecule has 0 saturated carbocycles. The van der Waals surface area contributed by atoms with Gasteiger partial charge < -0.3 is 4.57 Å². The van der Waals surface area contributed by atoms with Gasteiger partial charge in [0.1, 0.15) is 0 Å². The van der Waals surface area contributed by atoms with E-state index in [1.165, 1.54) is 76.7 Å². The quantitative estimate of drug-likeness (QED) is 0.185. The molecule has 45 heavy (non-hydrogen) atoms. The minimum Gasteiger partial charge on any atom is -0.309 e. The lowest BCUT2D eigenvalue weighted by molar-refractivity contribution is 1.18. The Hall–Kier alpha value is -5.92. The largest absolute Gasteiger partial charge is 0.309 e. The fourth-order valence-electron chi connectivity index (χ4n) is 7.28. The standard InChI is InChI=1S/C44H29N/c1-4-15-30(16-5-1)34-25-14-26-39-40-29-32(27-28-41(40)45(44(34)39)33-19-8-3-9-20-33)43-37-23-12-10-21-35(37)42(31-17-6-2-7-18-31)36-22-11-13-24-38(36)43/h1-29H. The van der Waals surface area contributed by atoms with E-state index in [0.29, 0.717) is 0 Å². The predicted octanol–water partition coefficient (Wildman–Crippen LogP) is 12.1. The highest BCUT2D eigenvalue weighted by molar-refractivity contribution is 6.22. The summed E-state index contributed by atoms with van der Waals surface area (Å²) < 4.78 is 2.44. The van der Waals surface area contributed by atoms with Crippen LogP contribution in [0.2, 0.25) is 0 Å². The van der Waals surface area contributed by atoms with Gasteiger partial charge in [0.25, 0.3) is 0 Å². The zero-order valence-electron chi connectivity index (χ0n) is 24.7. The van der Waals surface area contributed by atoms with Crippen LogP contribution in [0.1, 0.15) is 0 Å². The van der Waals surface area contributed by atoms with Crippen molar-refractivity contribution in [2.45, 2.75) is 0 Å². The maximum atomic E-state index is 2.44. The smallest absolute Gasteiger partial charge is 0.0619 e. The Morgan fingerprint density at radius 2 is 0.800 bits per heavy atom.